The van der Waals surface area contributed by atoms with Crippen molar-refractivity contribution >= 4 is 23.5 Å². The van der Waals surface area contributed by atoms with E-state index in [2.05, 4.69) is 31.0 Å². The number of esters is 2. The van der Waals surface area contributed by atoms with Gasteiger partial charge in [-0.2, -0.15) is 13.2 Å². The smallest absolute Gasteiger partial charge is 0.416 e. The second kappa shape index (κ2) is 15.2. The number of rotatable bonds is 14. The van der Waals surface area contributed by atoms with Crippen molar-refractivity contribution in [2.45, 2.75) is 104 Å². The van der Waals surface area contributed by atoms with Crippen LogP contribution in [0.15, 0.2) is 53.5 Å². The minimum Gasteiger partial charge on any atom is -0.422 e. The molecule has 2 aromatic rings. The summed E-state index contributed by atoms with van der Waals surface area (Å²) >= 11 is 0. The van der Waals surface area contributed by atoms with E-state index in [0.717, 1.165) is 69.1 Å². The third kappa shape index (κ3) is 9.88. The molecule has 0 bridgehead atoms. The first-order valence-corrected chi connectivity index (χ1v) is 15.0. The van der Waals surface area contributed by atoms with Gasteiger partial charge in [0.15, 0.2) is 0 Å². The maximum absolute atomic E-state index is 13.2. The number of carbonyl (C=O) groups excluding carboxylic acids is 2. The Balaban J connectivity index is 1.99. The van der Waals surface area contributed by atoms with Crippen LogP contribution in [0.4, 0.5) is 18.9 Å². The molecular weight excluding hydrogens is 545 g/mol. The lowest BCUT2D eigenvalue weighted by Crippen LogP contribution is -2.52. The first-order valence-electron chi connectivity index (χ1n) is 15.0. The number of alkyl halides is 3. The number of aliphatic imine (C=N–C) groups is 1. The highest BCUT2D eigenvalue weighted by Crippen LogP contribution is 2.32. The first-order chi connectivity index (χ1) is 19.9. The van der Waals surface area contributed by atoms with Gasteiger partial charge in [0.05, 0.1) is 11.3 Å². The summed E-state index contributed by atoms with van der Waals surface area (Å²) in [5.74, 6) is -4.40. The Labute approximate surface area is 247 Å². The predicted molar refractivity (Wildman–Crippen MR) is 157 cm³/mol. The van der Waals surface area contributed by atoms with E-state index in [4.69, 9.17) is 9.47 Å². The van der Waals surface area contributed by atoms with Crippen molar-refractivity contribution in [1.29, 1.82) is 0 Å². The topological polar surface area (TPSA) is 68.2 Å². The fourth-order valence-corrected chi connectivity index (χ4v) is 4.90. The molecule has 0 N–H and O–H groups in total. The van der Waals surface area contributed by atoms with Crippen LogP contribution in [-0.2, 0) is 38.2 Å². The van der Waals surface area contributed by atoms with Gasteiger partial charge in [-0.15, -0.1) is 0 Å². The van der Waals surface area contributed by atoms with Crippen molar-refractivity contribution in [3.8, 4) is 0 Å². The van der Waals surface area contributed by atoms with Gasteiger partial charge >= 0.3 is 18.1 Å². The van der Waals surface area contributed by atoms with Gasteiger partial charge < -0.3 is 14.4 Å². The van der Waals surface area contributed by atoms with Gasteiger partial charge in [0.2, 0.25) is 5.92 Å². The molecule has 1 heterocycles. The van der Waals surface area contributed by atoms with E-state index in [1.165, 1.54) is 38.0 Å². The number of carbonyl (C=O) groups is 2. The average Bonchev–Trinajstić information content (AvgIpc) is 2.91. The van der Waals surface area contributed by atoms with Crippen LogP contribution in [0.1, 0.15) is 95.8 Å². The molecule has 0 atom stereocenters. The molecule has 3 rings (SSSR count). The number of aryl methyl sites for hydroxylation is 1. The Morgan fingerprint density at radius 3 is 1.93 bits per heavy atom. The molecule has 9 heteroatoms. The third-order valence-electron chi connectivity index (χ3n) is 7.18. The normalized spacial score (nSPS) is 15.8. The Morgan fingerprint density at radius 1 is 0.810 bits per heavy atom. The lowest BCUT2D eigenvalue weighted by molar-refractivity contribution is -0.236. The predicted octanol–water partition coefficient (Wildman–Crippen LogP) is 8.39. The van der Waals surface area contributed by atoms with Crippen molar-refractivity contribution in [2.75, 3.05) is 6.54 Å². The van der Waals surface area contributed by atoms with Crippen LogP contribution in [0, 0.1) is 5.92 Å². The summed E-state index contributed by atoms with van der Waals surface area (Å²) in [7, 11) is 0. The molecule has 0 unspecified atom stereocenters. The van der Waals surface area contributed by atoms with Gasteiger partial charge in [-0.25, -0.2) is 4.99 Å². The monoisotopic (exact) mass is 588 g/mol. The van der Waals surface area contributed by atoms with E-state index in [-0.39, 0.29) is 11.5 Å². The van der Waals surface area contributed by atoms with Crippen molar-refractivity contribution in [2.24, 2.45) is 10.9 Å². The Hall–Kier alpha value is -3.36. The van der Waals surface area contributed by atoms with Crippen molar-refractivity contribution in [3.05, 3.63) is 65.2 Å². The minimum atomic E-state index is -4.50. The third-order valence-corrected chi connectivity index (χ3v) is 7.18. The van der Waals surface area contributed by atoms with Gasteiger partial charge in [-0.3, -0.25) is 9.59 Å². The molecule has 1 aliphatic heterocycles. The van der Waals surface area contributed by atoms with Crippen molar-refractivity contribution in [1.82, 2.24) is 4.90 Å². The molecule has 0 aromatic heterocycles. The standard InChI is InChI=1S/C33H43F3N2O4/c1-5-7-9-10-12-22-38(23-25-16-14-24(15-17-25)13-11-8-6-2)29(28-30(39)41-32(3,4)42-31(28)40)37-27-20-18-26(19-21-27)33(34,35)36/h14-21,28H,5-13,22-23H2,1-4H3. The minimum absolute atomic E-state index is 0.0998. The lowest BCUT2D eigenvalue weighted by atomic mass is 10.0. The average molecular weight is 589 g/mol. The molecule has 0 amide bonds. The number of ether oxygens (including phenoxy) is 2. The van der Waals surface area contributed by atoms with Gasteiger partial charge in [0, 0.05) is 26.9 Å². The molecule has 42 heavy (non-hydrogen) atoms. The number of amidine groups is 1. The lowest BCUT2D eigenvalue weighted by Gasteiger charge is -2.36. The maximum atomic E-state index is 13.2. The Morgan fingerprint density at radius 2 is 1.36 bits per heavy atom. The Kier molecular flexibility index (Phi) is 12.0. The van der Waals surface area contributed by atoms with Crippen molar-refractivity contribution < 1.29 is 32.2 Å². The summed E-state index contributed by atoms with van der Waals surface area (Å²) in [4.78, 5) is 32.9. The zero-order valence-electron chi connectivity index (χ0n) is 25.1. The number of cyclic esters (lactones) is 2. The Bertz CT molecular complexity index is 1170. The van der Waals surface area contributed by atoms with E-state index in [1.807, 2.05) is 17.0 Å². The highest BCUT2D eigenvalue weighted by Gasteiger charge is 2.47. The first kappa shape index (κ1) is 33.1. The van der Waals surface area contributed by atoms with Gasteiger partial charge in [0.1, 0.15) is 5.84 Å². The molecule has 2 aromatic carbocycles. The molecule has 6 nitrogen and oxygen atoms in total. The highest BCUT2D eigenvalue weighted by atomic mass is 19.4. The van der Waals surface area contributed by atoms with Crippen molar-refractivity contribution in [3.63, 3.8) is 0 Å². The maximum Gasteiger partial charge on any atom is 0.416 e. The van der Waals surface area contributed by atoms with Crippen LogP contribution in [0.2, 0.25) is 0 Å². The van der Waals surface area contributed by atoms with Crippen LogP contribution >= 0.6 is 0 Å². The SMILES string of the molecule is CCCCCCCN(Cc1ccc(CCCCC)cc1)C(=Nc1ccc(C(F)(F)F)cc1)C1C(=O)OC(C)(C)OC1=O. The molecule has 1 fully saturated rings. The quantitative estimate of drug-likeness (QED) is 0.0729. The molecule has 1 aliphatic rings. The number of unbranched alkanes of at least 4 members (excludes halogenated alkanes) is 6. The van der Waals surface area contributed by atoms with E-state index in [9.17, 15) is 22.8 Å². The van der Waals surface area contributed by atoms with Crippen LogP contribution in [0.3, 0.4) is 0 Å². The molecule has 0 radical (unpaired) electrons. The highest BCUT2D eigenvalue weighted by molar-refractivity contribution is 6.17. The number of hydrogen-bond donors (Lipinski definition) is 0. The molecule has 0 aliphatic carbocycles. The van der Waals surface area contributed by atoms with Gasteiger partial charge in [-0.1, -0.05) is 76.6 Å². The van der Waals surface area contributed by atoms with E-state index >= 15 is 0 Å². The summed E-state index contributed by atoms with van der Waals surface area (Å²) in [6.45, 7) is 8.08. The van der Waals surface area contributed by atoms with Crippen LogP contribution in [0.25, 0.3) is 0 Å². The summed E-state index contributed by atoms with van der Waals surface area (Å²) in [5.41, 5.74) is 1.57. The van der Waals surface area contributed by atoms with E-state index in [0.29, 0.717) is 13.1 Å². The fourth-order valence-electron chi connectivity index (χ4n) is 4.90. The molecule has 0 spiro atoms. The number of hydrogen-bond acceptors (Lipinski definition) is 5. The summed E-state index contributed by atoms with van der Waals surface area (Å²) in [5, 5.41) is 0. The van der Waals surface area contributed by atoms with Gasteiger partial charge in [-0.05, 0) is 54.7 Å². The zero-order chi connectivity index (χ0) is 30.8. The fraction of sp³-hybridized carbons (Fsp3) is 0.545. The summed E-state index contributed by atoms with van der Waals surface area (Å²) in [6, 6.07) is 12.6. The number of benzene rings is 2. The second-order valence-electron chi connectivity index (χ2n) is 11.3. The summed E-state index contributed by atoms with van der Waals surface area (Å²) < 4.78 is 50.4. The molecule has 230 valence electrons. The largest absolute Gasteiger partial charge is 0.422 e. The number of halogens is 3. The summed E-state index contributed by atoms with van der Waals surface area (Å²) in [6.07, 6.45) is 4.89. The molecular formula is C33H43F3N2O4. The van der Waals surface area contributed by atoms with E-state index < -0.39 is 35.4 Å². The van der Waals surface area contributed by atoms with Gasteiger partial charge in [0.25, 0.3) is 5.79 Å². The van der Waals surface area contributed by atoms with E-state index in [1.54, 1.807) is 0 Å². The number of nitrogens with zero attached hydrogens (tertiary/aromatic N) is 2. The molecule has 0 saturated carbocycles. The van der Waals surface area contributed by atoms with Crippen LogP contribution in [0.5, 0.6) is 0 Å². The van der Waals surface area contributed by atoms with Crippen LogP contribution < -0.4 is 0 Å². The zero-order valence-corrected chi connectivity index (χ0v) is 25.1. The molecule has 1 saturated heterocycles. The second-order valence-corrected chi connectivity index (χ2v) is 11.3. The van der Waals surface area contributed by atoms with Crippen LogP contribution in [-0.4, -0.2) is 35.0 Å².